The van der Waals surface area contributed by atoms with Gasteiger partial charge in [0.05, 0.1) is 31.5 Å². The van der Waals surface area contributed by atoms with Gasteiger partial charge in [0.2, 0.25) is 0 Å². The minimum Gasteiger partial charge on any atom is -0.494 e. The standard InChI is InChI=1S/C18H18N4O3/c1-3-23-13-6-4-12(5-7-13)14-16(9-19)15(21)22-18(17(14,16)10-20)24-8-11(2)25-18/h4-7,11,14H,3,8H2,1-2H3,(H2,21,22)/t11-,14+,16-,17+,18+/m0/s1. The molecule has 1 saturated heterocycles. The fourth-order valence-corrected chi connectivity index (χ4v) is 4.28. The molecule has 128 valence electrons. The van der Waals surface area contributed by atoms with E-state index in [0.29, 0.717) is 13.2 Å². The van der Waals surface area contributed by atoms with Crippen LogP contribution >= 0.6 is 0 Å². The lowest BCUT2D eigenvalue weighted by Gasteiger charge is -2.26. The molecule has 0 bridgehead atoms. The lowest BCUT2D eigenvalue weighted by molar-refractivity contribution is -0.193. The molecule has 1 aliphatic carbocycles. The van der Waals surface area contributed by atoms with Gasteiger partial charge in [-0.05, 0) is 31.5 Å². The molecule has 0 radical (unpaired) electrons. The fourth-order valence-electron chi connectivity index (χ4n) is 4.28. The molecule has 1 saturated carbocycles. The summed E-state index contributed by atoms with van der Waals surface area (Å²) in [5, 5.41) is 20.0. The number of ether oxygens (including phenoxy) is 3. The van der Waals surface area contributed by atoms with Crippen LogP contribution < -0.4 is 10.5 Å². The molecule has 0 aromatic heterocycles. The zero-order valence-electron chi connectivity index (χ0n) is 14.0. The van der Waals surface area contributed by atoms with E-state index in [1.807, 2.05) is 38.1 Å². The quantitative estimate of drug-likeness (QED) is 0.896. The number of hydrogen-bond donors (Lipinski definition) is 1. The Morgan fingerprint density at radius 2 is 2.04 bits per heavy atom. The third-order valence-corrected chi connectivity index (χ3v) is 5.33. The first-order valence-electron chi connectivity index (χ1n) is 8.24. The van der Waals surface area contributed by atoms with Crippen molar-refractivity contribution in [2.75, 3.05) is 13.2 Å². The molecule has 4 rings (SSSR count). The van der Waals surface area contributed by atoms with Gasteiger partial charge in [0.1, 0.15) is 17.0 Å². The number of fused-ring (bicyclic) bond motifs is 2. The molecule has 1 aromatic rings. The molecule has 2 fully saturated rings. The van der Waals surface area contributed by atoms with Gasteiger partial charge in [0.25, 0.3) is 5.91 Å². The van der Waals surface area contributed by atoms with E-state index in [0.717, 1.165) is 11.3 Å². The SMILES string of the molecule is CCOc1ccc([C@H]2[C@@]3(C#N)[C@@]4(N=C(N)[C@]23C#N)OC[C@H](C)O4)cc1. The monoisotopic (exact) mass is 338 g/mol. The number of rotatable bonds is 3. The van der Waals surface area contributed by atoms with Gasteiger partial charge in [-0.15, -0.1) is 0 Å². The summed E-state index contributed by atoms with van der Waals surface area (Å²) in [6.07, 6.45) is -0.224. The van der Waals surface area contributed by atoms with Crippen molar-refractivity contribution < 1.29 is 14.2 Å². The molecule has 5 atom stereocenters. The van der Waals surface area contributed by atoms with Gasteiger partial charge in [-0.1, -0.05) is 12.1 Å². The molecule has 25 heavy (non-hydrogen) atoms. The van der Waals surface area contributed by atoms with Crippen molar-refractivity contribution in [3.8, 4) is 17.9 Å². The molecule has 1 spiro atoms. The molecular weight excluding hydrogens is 320 g/mol. The number of nitrogens with zero attached hydrogens (tertiary/aromatic N) is 3. The highest BCUT2D eigenvalue weighted by molar-refractivity contribution is 6.00. The Morgan fingerprint density at radius 1 is 1.32 bits per heavy atom. The average molecular weight is 338 g/mol. The summed E-state index contributed by atoms with van der Waals surface area (Å²) in [4.78, 5) is 4.29. The van der Waals surface area contributed by atoms with Crippen LogP contribution in [0.4, 0.5) is 0 Å². The highest BCUT2D eigenvalue weighted by atomic mass is 16.8. The predicted octanol–water partition coefficient (Wildman–Crippen LogP) is 1.66. The van der Waals surface area contributed by atoms with E-state index in [-0.39, 0.29) is 11.9 Å². The Bertz CT molecular complexity index is 839. The van der Waals surface area contributed by atoms with Crippen molar-refractivity contribution in [2.24, 2.45) is 21.6 Å². The minimum atomic E-state index is -1.51. The van der Waals surface area contributed by atoms with Gasteiger partial charge in [-0.25, -0.2) is 4.99 Å². The summed E-state index contributed by atoms with van der Waals surface area (Å²) in [5.41, 5.74) is 4.42. The van der Waals surface area contributed by atoms with Gasteiger partial charge in [-0.3, -0.25) is 0 Å². The van der Waals surface area contributed by atoms with Crippen molar-refractivity contribution in [3.63, 3.8) is 0 Å². The summed E-state index contributed by atoms with van der Waals surface area (Å²) in [5.74, 6) is -1.14. The Labute approximate surface area is 145 Å². The van der Waals surface area contributed by atoms with E-state index < -0.39 is 22.7 Å². The van der Waals surface area contributed by atoms with E-state index in [4.69, 9.17) is 19.9 Å². The number of aliphatic imine (C=N–C) groups is 1. The molecule has 7 heteroatoms. The largest absolute Gasteiger partial charge is 0.494 e. The Kier molecular flexibility index (Phi) is 3.15. The van der Waals surface area contributed by atoms with Crippen LogP contribution in [0.25, 0.3) is 0 Å². The second-order valence-corrected chi connectivity index (χ2v) is 6.59. The second kappa shape index (κ2) is 4.95. The van der Waals surface area contributed by atoms with Crippen LogP contribution in [0.5, 0.6) is 5.75 Å². The van der Waals surface area contributed by atoms with Crippen LogP contribution in [-0.4, -0.2) is 31.1 Å². The summed E-state index contributed by atoms with van der Waals surface area (Å²) in [6.45, 7) is 4.62. The van der Waals surface area contributed by atoms with Crippen molar-refractivity contribution >= 4 is 5.84 Å². The Balaban J connectivity index is 1.81. The molecular formula is C18H18N4O3. The lowest BCUT2D eigenvalue weighted by Crippen LogP contribution is -2.39. The third-order valence-electron chi connectivity index (χ3n) is 5.33. The number of nitrogens with two attached hydrogens (primary N) is 1. The molecule has 7 nitrogen and oxygen atoms in total. The average Bonchev–Trinajstić information content (AvgIpc) is 3.00. The predicted molar refractivity (Wildman–Crippen MR) is 87.3 cm³/mol. The van der Waals surface area contributed by atoms with E-state index >= 15 is 0 Å². The van der Waals surface area contributed by atoms with Crippen LogP contribution in [0.15, 0.2) is 29.3 Å². The van der Waals surface area contributed by atoms with Crippen molar-refractivity contribution in [1.82, 2.24) is 0 Å². The van der Waals surface area contributed by atoms with Crippen molar-refractivity contribution in [2.45, 2.75) is 31.8 Å². The molecule has 2 aliphatic heterocycles. The first-order valence-corrected chi connectivity index (χ1v) is 8.24. The van der Waals surface area contributed by atoms with Gasteiger partial charge in [0.15, 0.2) is 5.41 Å². The maximum Gasteiger partial charge on any atom is 0.293 e. The first-order chi connectivity index (χ1) is 12.0. The van der Waals surface area contributed by atoms with Crippen molar-refractivity contribution in [1.29, 1.82) is 10.5 Å². The van der Waals surface area contributed by atoms with Gasteiger partial charge < -0.3 is 19.9 Å². The summed E-state index contributed by atoms with van der Waals surface area (Å²) in [6, 6.07) is 11.9. The summed E-state index contributed by atoms with van der Waals surface area (Å²) in [7, 11) is 0. The van der Waals surface area contributed by atoms with E-state index in [1.165, 1.54) is 0 Å². The molecule has 0 amide bonds. The molecule has 2 heterocycles. The molecule has 2 N–H and O–H groups in total. The Hall–Kier alpha value is -2.61. The topological polar surface area (TPSA) is 114 Å². The molecule has 1 aromatic carbocycles. The van der Waals surface area contributed by atoms with E-state index in [9.17, 15) is 10.5 Å². The molecule has 3 aliphatic rings. The number of hydrogen-bond acceptors (Lipinski definition) is 7. The highest BCUT2D eigenvalue weighted by Gasteiger charge is 2.94. The van der Waals surface area contributed by atoms with Crippen LogP contribution in [0, 0.1) is 33.5 Å². The Morgan fingerprint density at radius 3 is 2.56 bits per heavy atom. The fraction of sp³-hybridized carbons (Fsp3) is 0.500. The number of nitriles is 2. The minimum absolute atomic E-state index is 0.101. The highest BCUT2D eigenvalue weighted by Crippen LogP contribution is 2.82. The van der Waals surface area contributed by atoms with Crippen LogP contribution in [0.1, 0.15) is 25.3 Å². The van der Waals surface area contributed by atoms with Crippen LogP contribution in [-0.2, 0) is 9.47 Å². The summed E-state index contributed by atoms with van der Waals surface area (Å²) < 4.78 is 17.1. The van der Waals surface area contributed by atoms with Crippen LogP contribution in [0.3, 0.4) is 0 Å². The maximum atomic E-state index is 10.0. The smallest absolute Gasteiger partial charge is 0.293 e. The zero-order chi connectivity index (χ0) is 17.9. The molecule has 0 unspecified atom stereocenters. The number of benzene rings is 1. The van der Waals surface area contributed by atoms with Gasteiger partial charge >= 0.3 is 0 Å². The summed E-state index contributed by atoms with van der Waals surface area (Å²) >= 11 is 0. The van der Waals surface area contributed by atoms with Gasteiger partial charge in [0, 0.05) is 5.92 Å². The second-order valence-electron chi connectivity index (χ2n) is 6.59. The third kappa shape index (κ3) is 1.62. The lowest BCUT2D eigenvalue weighted by atomic mass is 9.94. The van der Waals surface area contributed by atoms with Crippen molar-refractivity contribution in [3.05, 3.63) is 29.8 Å². The maximum absolute atomic E-state index is 10.0. The van der Waals surface area contributed by atoms with E-state index in [1.54, 1.807) is 0 Å². The zero-order valence-corrected chi connectivity index (χ0v) is 14.0. The first kappa shape index (κ1) is 15.9. The van der Waals surface area contributed by atoms with Crippen LogP contribution in [0.2, 0.25) is 0 Å². The van der Waals surface area contributed by atoms with Gasteiger partial charge in [-0.2, -0.15) is 10.5 Å². The number of amidine groups is 1. The van der Waals surface area contributed by atoms with E-state index in [2.05, 4.69) is 17.1 Å². The normalized spacial score (nSPS) is 40.9.